The van der Waals surface area contributed by atoms with Gasteiger partial charge in [-0.05, 0) is 105 Å². The van der Waals surface area contributed by atoms with Gasteiger partial charge in [0, 0.05) is 16.5 Å². The van der Waals surface area contributed by atoms with Gasteiger partial charge in [-0.15, -0.1) is 0 Å². The van der Waals surface area contributed by atoms with Gasteiger partial charge in [0.15, 0.2) is 11.4 Å². The van der Waals surface area contributed by atoms with Crippen LogP contribution < -0.4 is 5.73 Å². The standard InChI is InChI=1S/C37H37ClN2O7/c1-40(2)31-26-18-22-17-25-24(21-11-7-19(8-12-21)5-3-4-6-20-9-13-23(38)14-10-20)15-16-27(41)29(25)32(42)28(22)34(44)37(26,47)35(45)30(33(31)43)36(39)46/h7-16,22,26,31,41-42,45,47H,3-6,17-18H2,1-2H3,(H2,39,46)/t22-,26-,31?,37-/m1/s1. The molecule has 0 heterocycles. The Labute approximate surface area is 277 Å². The number of halogens is 1. The highest BCUT2D eigenvalue weighted by Gasteiger charge is 2.64. The number of nitrogens with zero attached hydrogens (tertiary/aromatic N) is 1. The molecule has 9 nitrogen and oxygen atoms in total. The van der Waals surface area contributed by atoms with Crippen molar-refractivity contribution in [2.45, 2.75) is 50.2 Å². The van der Waals surface area contributed by atoms with Crippen molar-refractivity contribution in [3.05, 3.63) is 105 Å². The number of aryl methyl sites for hydroxylation is 2. The van der Waals surface area contributed by atoms with E-state index in [1.54, 1.807) is 20.2 Å². The van der Waals surface area contributed by atoms with Crippen LogP contribution in [-0.2, 0) is 33.6 Å². The Morgan fingerprint density at radius 3 is 2.11 bits per heavy atom. The van der Waals surface area contributed by atoms with E-state index in [0.29, 0.717) is 5.56 Å². The van der Waals surface area contributed by atoms with Gasteiger partial charge in [-0.3, -0.25) is 19.3 Å². The SMILES string of the molecule is CN(C)C1C(=O)C(C(N)=O)=C(O)[C@]2(O)C(=O)C3=C(O)c4c(O)ccc(-c5ccc(CCCCc6ccc(Cl)cc6)cc5)c4C[C@@H]3C[C@H]12. The fourth-order valence-corrected chi connectivity index (χ4v) is 7.80. The topological polar surface area (TPSA) is 161 Å². The van der Waals surface area contributed by atoms with Gasteiger partial charge in [0.1, 0.15) is 22.8 Å². The predicted molar refractivity (Wildman–Crippen MR) is 178 cm³/mol. The van der Waals surface area contributed by atoms with Crippen LogP contribution in [0.1, 0.15) is 41.5 Å². The number of hydrogen-bond acceptors (Lipinski definition) is 8. The molecule has 1 unspecified atom stereocenters. The summed E-state index contributed by atoms with van der Waals surface area (Å²) in [4.78, 5) is 41.1. The Balaban J connectivity index is 1.31. The number of hydrogen-bond donors (Lipinski definition) is 5. The minimum absolute atomic E-state index is 0.0375. The third kappa shape index (κ3) is 5.42. The van der Waals surface area contributed by atoms with Gasteiger partial charge in [-0.25, -0.2) is 0 Å². The van der Waals surface area contributed by atoms with Crippen molar-refractivity contribution < 1.29 is 34.8 Å². The van der Waals surface area contributed by atoms with Gasteiger partial charge in [-0.1, -0.05) is 54.1 Å². The van der Waals surface area contributed by atoms with Gasteiger partial charge in [0.2, 0.25) is 5.78 Å². The molecule has 1 saturated carbocycles. The Hall–Kier alpha value is -4.44. The number of carbonyl (C=O) groups is 3. The van der Waals surface area contributed by atoms with E-state index in [0.717, 1.165) is 41.8 Å². The molecule has 3 aliphatic rings. The number of unbranched alkanes of at least 4 members (excludes halogenated alkanes) is 1. The lowest BCUT2D eigenvalue weighted by molar-refractivity contribution is -0.153. The summed E-state index contributed by atoms with van der Waals surface area (Å²) in [6.07, 6.45) is 4.20. The number of Topliss-reactive ketones (excluding diaryl/α,β-unsaturated/α-hetero) is 2. The number of likely N-dealkylation sites (N-methyl/N-ethyl adjacent to an activating group) is 1. The first-order valence-electron chi connectivity index (χ1n) is 15.7. The van der Waals surface area contributed by atoms with E-state index in [1.165, 1.54) is 22.1 Å². The van der Waals surface area contributed by atoms with Crippen molar-refractivity contribution in [2.24, 2.45) is 17.6 Å². The third-order valence-electron chi connectivity index (χ3n) is 9.96. The molecule has 1 amide bonds. The van der Waals surface area contributed by atoms with Gasteiger partial charge < -0.3 is 26.2 Å². The van der Waals surface area contributed by atoms with Crippen molar-refractivity contribution >= 4 is 34.8 Å². The molecule has 6 rings (SSSR count). The molecule has 0 saturated heterocycles. The number of benzene rings is 3. The van der Waals surface area contributed by atoms with E-state index >= 15 is 0 Å². The summed E-state index contributed by atoms with van der Waals surface area (Å²) in [6.45, 7) is 0. The number of ketones is 2. The number of aromatic hydroxyl groups is 1. The molecule has 0 spiro atoms. The van der Waals surface area contributed by atoms with Crippen molar-refractivity contribution in [3.63, 3.8) is 0 Å². The molecule has 3 aromatic carbocycles. The molecular formula is C37H37ClN2O7. The molecule has 3 aliphatic carbocycles. The molecular weight excluding hydrogens is 620 g/mol. The molecule has 0 aliphatic heterocycles. The Morgan fingerprint density at radius 2 is 1.53 bits per heavy atom. The molecule has 6 N–H and O–H groups in total. The molecule has 0 aromatic heterocycles. The van der Waals surface area contributed by atoms with Gasteiger partial charge in [-0.2, -0.15) is 0 Å². The van der Waals surface area contributed by atoms with Crippen molar-refractivity contribution in [3.8, 4) is 16.9 Å². The quantitative estimate of drug-likeness (QED) is 0.170. The second-order valence-electron chi connectivity index (χ2n) is 13.0. The number of rotatable bonds is 8. The maximum atomic E-state index is 14.1. The minimum Gasteiger partial charge on any atom is -0.508 e. The number of carbonyl (C=O) groups excluding carboxylic acids is 3. The van der Waals surface area contributed by atoms with E-state index < -0.39 is 58.0 Å². The number of amides is 1. The van der Waals surface area contributed by atoms with Crippen LogP contribution in [0.5, 0.6) is 5.75 Å². The first kappa shape index (κ1) is 32.5. The zero-order valence-electron chi connectivity index (χ0n) is 26.2. The molecule has 244 valence electrons. The molecule has 3 aromatic rings. The molecule has 10 heteroatoms. The van der Waals surface area contributed by atoms with Crippen molar-refractivity contribution in [1.29, 1.82) is 0 Å². The van der Waals surface area contributed by atoms with Crippen LogP contribution >= 0.6 is 11.6 Å². The zero-order valence-corrected chi connectivity index (χ0v) is 26.9. The van der Waals surface area contributed by atoms with Crippen LogP contribution in [0.15, 0.2) is 77.6 Å². The van der Waals surface area contributed by atoms with E-state index in [1.807, 2.05) is 36.4 Å². The summed E-state index contributed by atoms with van der Waals surface area (Å²) in [5, 5.41) is 46.0. The smallest absolute Gasteiger partial charge is 0.255 e. The zero-order chi connectivity index (χ0) is 33.8. The van der Waals surface area contributed by atoms with E-state index in [4.69, 9.17) is 17.3 Å². The Bertz CT molecular complexity index is 1850. The Morgan fingerprint density at radius 1 is 0.936 bits per heavy atom. The average molecular weight is 657 g/mol. The van der Waals surface area contributed by atoms with Gasteiger partial charge in [0.25, 0.3) is 5.91 Å². The highest BCUT2D eigenvalue weighted by Crippen LogP contribution is 2.53. The highest BCUT2D eigenvalue weighted by molar-refractivity contribution is 6.30. The van der Waals surface area contributed by atoms with Crippen molar-refractivity contribution in [2.75, 3.05) is 14.1 Å². The van der Waals surface area contributed by atoms with E-state index in [9.17, 15) is 34.8 Å². The first-order valence-corrected chi connectivity index (χ1v) is 16.1. The summed E-state index contributed by atoms with van der Waals surface area (Å²) in [7, 11) is 3.15. The largest absolute Gasteiger partial charge is 0.508 e. The molecule has 0 bridgehead atoms. The minimum atomic E-state index is -2.66. The number of phenolic OH excluding ortho intramolecular Hbond substituents is 1. The second-order valence-corrected chi connectivity index (χ2v) is 13.4. The maximum absolute atomic E-state index is 14.1. The van der Waals surface area contributed by atoms with Crippen LogP contribution in [0.25, 0.3) is 16.9 Å². The highest BCUT2D eigenvalue weighted by atomic mass is 35.5. The van der Waals surface area contributed by atoms with Gasteiger partial charge in [0.05, 0.1) is 11.6 Å². The lowest BCUT2D eigenvalue weighted by atomic mass is 9.57. The molecule has 1 fully saturated rings. The second kappa shape index (κ2) is 12.3. The number of phenols is 1. The van der Waals surface area contributed by atoms with E-state index in [-0.39, 0.29) is 29.7 Å². The van der Waals surface area contributed by atoms with E-state index in [2.05, 4.69) is 12.1 Å². The summed E-state index contributed by atoms with van der Waals surface area (Å²) >= 11 is 5.98. The summed E-state index contributed by atoms with van der Waals surface area (Å²) in [6, 6.07) is 18.1. The molecule has 0 radical (unpaired) electrons. The monoisotopic (exact) mass is 656 g/mol. The van der Waals surface area contributed by atoms with Crippen molar-refractivity contribution in [1.82, 2.24) is 4.90 Å². The van der Waals surface area contributed by atoms with Crippen LogP contribution in [-0.4, -0.2) is 68.5 Å². The number of nitrogens with two attached hydrogens (primary N) is 1. The number of aliphatic hydroxyl groups excluding tert-OH is 2. The molecule has 4 atom stereocenters. The maximum Gasteiger partial charge on any atom is 0.255 e. The van der Waals surface area contributed by atoms with Crippen LogP contribution in [0.2, 0.25) is 5.02 Å². The summed E-state index contributed by atoms with van der Waals surface area (Å²) in [5.74, 6) is -6.68. The summed E-state index contributed by atoms with van der Waals surface area (Å²) in [5.41, 5.74) is 6.51. The number of aliphatic hydroxyl groups is 3. The van der Waals surface area contributed by atoms with Crippen LogP contribution in [0.4, 0.5) is 0 Å². The lowest BCUT2D eigenvalue weighted by Gasteiger charge is -2.50. The fourth-order valence-electron chi connectivity index (χ4n) is 7.67. The Kier molecular flexibility index (Phi) is 8.50. The van der Waals surface area contributed by atoms with Gasteiger partial charge >= 0.3 is 0 Å². The number of primary amides is 1. The normalized spacial score (nSPS) is 23.9. The summed E-state index contributed by atoms with van der Waals surface area (Å²) < 4.78 is 0. The number of fused-ring (bicyclic) bond motifs is 3. The predicted octanol–water partition coefficient (Wildman–Crippen LogP) is 4.85. The molecule has 47 heavy (non-hydrogen) atoms. The average Bonchev–Trinajstić information content (AvgIpc) is 3.02. The third-order valence-corrected chi connectivity index (χ3v) is 10.2. The fraction of sp³-hybridized carbons (Fsp3) is 0.324. The lowest BCUT2D eigenvalue weighted by Crippen LogP contribution is -2.65. The van der Waals surface area contributed by atoms with Crippen LogP contribution in [0, 0.1) is 11.8 Å². The van der Waals surface area contributed by atoms with Crippen LogP contribution in [0.3, 0.4) is 0 Å². The first-order chi connectivity index (χ1) is 22.3.